The van der Waals surface area contributed by atoms with Crippen LogP contribution in [0, 0.1) is 10.1 Å². The number of hydrogen-bond acceptors (Lipinski definition) is 4. The first-order valence-corrected chi connectivity index (χ1v) is 6.56. The zero-order valence-corrected chi connectivity index (χ0v) is 11.8. The van der Waals surface area contributed by atoms with Crippen LogP contribution in [0.2, 0.25) is 0 Å². The summed E-state index contributed by atoms with van der Waals surface area (Å²) in [5.74, 6) is 0. The first kappa shape index (κ1) is 14.9. The lowest BCUT2D eigenvalue weighted by atomic mass is 10.2. The second-order valence-electron chi connectivity index (χ2n) is 3.04. The molecular formula is C9H9Cl3N2O2S. The minimum atomic E-state index is -1.69. The van der Waals surface area contributed by atoms with Gasteiger partial charge in [0.15, 0.2) is 0 Å². The molecule has 0 aliphatic carbocycles. The molecule has 0 spiro atoms. The van der Waals surface area contributed by atoms with Gasteiger partial charge in [-0.1, -0.05) is 41.7 Å². The molecular weight excluding hydrogens is 307 g/mol. The lowest BCUT2D eigenvalue weighted by Gasteiger charge is -2.15. The van der Waals surface area contributed by atoms with Crippen molar-refractivity contribution in [1.29, 1.82) is 0 Å². The molecule has 0 bridgehead atoms. The second-order valence-corrected chi connectivity index (χ2v) is 6.25. The van der Waals surface area contributed by atoms with E-state index in [1.807, 2.05) is 6.92 Å². The number of nitrogens with zero attached hydrogens (tertiary/aromatic N) is 1. The summed E-state index contributed by atoms with van der Waals surface area (Å²) < 4.78 is 1.31. The van der Waals surface area contributed by atoms with E-state index in [1.54, 1.807) is 6.07 Å². The van der Waals surface area contributed by atoms with Gasteiger partial charge in [0.1, 0.15) is 0 Å². The fourth-order valence-electron chi connectivity index (χ4n) is 1.09. The fourth-order valence-corrected chi connectivity index (χ4v) is 2.49. The maximum absolute atomic E-state index is 10.7. The number of benzene rings is 1. The van der Waals surface area contributed by atoms with E-state index in [0.717, 1.165) is 6.54 Å². The van der Waals surface area contributed by atoms with Crippen LogP contribution in [-0.2, 0) is 3.79 Å². The highest BCUT2D eigenvalue weighted by Gasteiger charge is 2.28. The van der Waals surface area contributed by atoms with Gasteiger partial charge in [-0.25, -0.2) is 0 Å². The van der Waals surface area contributed by atoms with Crippen LogP contribution in [0.15, 0.2) is 23.1 Å². The Kier molecular flexibility index (Phi) is 5.34. The molecule has 0 fully saturated rings. The Bertz CT molecular complexity index is 423. The number of halogens is 3. The molecule has 0 radical (unpaired) electrons. The van der Waals surface area contributed by atoms with Crippen LogP contribution >= 0.6 is 46.8 Å². The molecule has 8 heteroatoms. The summed E-state index contributed by atoms with van der Waals surface area (Å²) in [5.41, 5.74) is 0.190. The number of non-ortho nitro benzene ring substituents is 1. The predicted molar refractivity (Wildman–Crippen MR) is 71.9 cm³/mol. The maximum Gasteiger partial charge on any atom is 0.269 e. The molecule has 0 saturated heterocycles. The van der Waals surface area contributed by atoms with E-state index in [2.05, 4.69) is 4.72 Å². The topological polar surface area (TPSA) is 55.2 Å². The number of nitro benzene ring substituents is 1. The fraction of sp³-hybridized carbons (Fsp3) is 0.333. The monoisotopic (exact) mass is 314 g/mol. The summed E-state index contributed by atoms with van der Waals surface area (Å²) in [4.78, 5) is 10.8. The minimum Gasteiger partial charge on any atom is -0.260 e. The molecule has 0 unspecified atom stereocenters. The summed E-state index contributed by atoms with van der Waals surface area (Å²) in [6.45, 7) is 2.65. The average Bonchev–Trinajstić information content (AvgIpc) is 2.24. The van der Waals surface area contributed by atoms with Gasteiger partial charge in [0.25, 0.3) is 5.69 Å². The Labute approximate surface area is 118 Å². The third-order valence-electron chi connectivity index (χ3n) is 1.81. The van der Waals surface area contributed by atoms with E-state index < -0.39 is 8.72 Å². The summed E-state index contributed by atoms with van der Waals surface area (Å²) in [5, 5.41) is 10.7. The zero-order valence-electron chi connectivity index (χ0n) is 8.75. The van der Waals surface area contributed by atoms with Crippen molar-refractivity contribution in [3.8, 4) is 0 Å². The lowest BCUT2D eigenvalue weighted by molar-refractivity contribution is -0.385. The van der Waals surface area contributed by atoms with Gasteiger partial charge < -0.3 is 0 Å². The van der Waals surface area contributed by atoms with Crippen LogP contribution in [0.3, 0.4) is 0 Å². The summed E-state index contributed by atoms with van der Waals surface area (Å²) in [6.07, 6.45) is 0. The molecule has 0 aliphatic heterocycles. The molecule has 0 aliphatic rings. The minimum absolute atomic E-state index is 0.104. The van der Waals surface area contributed by atoms with Gasteiger partial charge in [-0.15, -0.1) is 0 Å². The largest absolute Gasteiger partial charge is 0.269 e. The Morgan fingerprint density at radius 1 is 1.47 bits per heavy atom. The lowest BCUT2D eigenvalue weighted by Crippen LogP contribution is -2.07. The van der Waals surface area contributed by atoms with E-state index in [4.69, 9.17) is 34.8 Å². The molecule has 0 heterocycles. The zero-order chi connectivity index (χ0) is 13.1. The Balaban J connectivity index is 3.17. The number of hydrogen-bond donors (Lipinski definition) is 1. The van der Waals surface area contributed by atoms with Gasteiger partial charge in [-0.05, 0) is 18.0 Å². The standard InChI is InChI=1S/C9H9Cl3N2O2S/c1-2-13-17-8-4-3-6(14(15)16)5-7(8)9(10,11)12/h3-5,13H,2H2,1H3. The molecule has 4 nitrogen and oxygen atoms in total. The second kappa shape index (κ2) is 6.11. The molecule has 17 heavy (non-hydrogen) atoms. The van der Waals surface area contributed by atoms with E-state index in [-0.39, 0.29) is 5.69 Å². The number of rotatable bonds is 4. The van der Waals surface area contributed by atoms with E-state index >= 15 is 0 Å². The normalized spacial score (nSPS) is 11.5. The van der Waals surface area contributed by atoms with Gasteiger partial charge >= 0.3 is 0 Å². The third-order valence-corrected chi connectivity index (χ3v) is 3.43. The Morgan fingerprint density at radius 3 is 2.59 bits per heavy atom. The number of nitro groups is 1. The van der Waals surface area contributed by atoms with Gasteiger partial charge in [-0.2, -0.15) is 0 Å². The van der Waals surface area contributed by atoms with Crippen LogP contribution in [0.1, 0.15) is 12.5 Å². The first-order valence-electron chi connectivity index (χ1n) is 4.61. The summed E-state index contributed by atoms with van der Waals surface area (Å²) in [7, 11) is 0. The highest BCUT2D eigenvalue weighted by Crippen LogP contribution is 2.43. The maximum atomic E-state index is 10.7. The van der Waals surface area contributed by atoms with Crippen molar-refractivity contribution in [2.45, 2.75) is 15.6 Å². The highest BCUT2D eigenvalue weighted by molar-refractivity contribution is 7.97. The van der Waals surface area contributed by atoms with Crippen molar-refractivity contribution in [1.82, 2.24) is 4.72 Å². The van der Waals surface area contributed by atoms with Crippen LogP contribution in [0.4, 0.5) is 5.69 Å². The van der Waals surface area contributed by atoms with Crippen LogP contribution in [0.25, 0.3) is 0 Å². The Morgan fingerprint density at radius 2 is 2.12 bits per heavy atom. The predicted octanol–water partition coefficient (Wildman–Crippen LogP) is 4.04. The Hall–Kier alpha value is -0.200. The average molecular weight is 316 g/mol. The van der Waals surface area contributed by atoms with Crippen molar-refractivity contribution in [2.24, 2.45) is 0 Å². The van der Waals surface area contributed by atoms with E-state index in [9.17, 15) is 10.1 Å². The molecule has 1 aromatic rings. The van der Waals surface area contributed by atoms with Gasteiger partial charge in [0.05, 0.1) is 4.92 Å². The highest BCUT2D eigenvalue weighted by atomic mass is 35.6. The molecule has 1 N–H and O–H groups in total. The summed E-state index contributed by atoms with van der Waals surface area (Å²) in [6, 6.07) is 4.20. The van der Waals surface area contributed by atoms with Gasteiger partial charge in [-0.3, -0.25) is 14.8 Å². The quantitative estimate of drug-likeness (QED) is 0.394. The molecule has 1 aromatic carbocycles. The first-order chi connectivity index (χ1) is 7.86. The van der Waals surface area contributed by atoms with Crippen molar-refractivity contribution in [3.05, 3.63) is 33.9 Å². The molecule has 0 aromatic heterocycles. The van der Waals surface area contributed by atoms with Crippen LogP contribution < -0.4 is 4.72 Å². The molecule has 0 amide bonds. The van der Waals surface area contributed by atoms with Crippen molar-refractivity contribution < 1.29 is 4.92 Å². The SMILES string of the molecule is CCNSc1ccc([N+](=O)[O-])cc1C(Cl)(Cl)Cl. The van der Waals surface area contributed by atoms with Crippen LogP contribution in [0.5, 0.6) is 0 Å². The van der Waals surface area contributed by atoms with Crippen molar-refractivity contribution >= 4 is 52.4 Å². The molecule has 0 atom stereocenters. The molecule has 1 rings (SSSR count). The van der Waals surface area contributed by atoms with Crippen molar-refractivity contribution in [3.63, 3.8) is 0 Å². The van der Waals surface area contributed by atoms with Crippen molar-refractivity contribution in [2.75, 3.05) is 6.54 Å². The van der Waals surface area contributed by atoms with Gasteiger partial charge in [0, 0.05) is 29.1 Å². The van der Waals surface area contributed by atoms with Crippen LogP contribution in [-0.4, -0.2) is 11.5 Å². The number of alkyl halides is 3. The van der Waals surface area contributed by atoms with E-state index in [1.165, 1.54) is 24.1 Å². The summed E-state index contributed by atoms with van der Waals surface area (Å²) >= 11 is 18.6. The molecule has 94 valence electrons. The van der Waals surface area contributed by atoms with Gasteiger partial charge in [0.2, 0.25) is 3.79 Å². The van der Waals surface area contributed by atoms with E-state index in [0.29, 0.717) is 10.5 Å². The third kappa shape index (κ3) is 4.19. The molecule has 0 saturated carbocycles. The smallest absolute Gasteiger partial charge is 0.260 e. The number of nitrogens with one attached hydrogen (secondary N) is 1.